The van der Waals surface area contributed by atoms with Crippen molar-refractivity contribution in [3.63, 3.8) is 0 Å². The second-order valence-electron chi connectivity index (χ2n) is 4.33. The number of hydrogen-bond acceptors (Lipinski definition) is 4. The maximum atomic E-state index is 11.2. The zero-order chi connectivity index (χ0) is 14.3. The molecule has 6 nitrogen and oxygen atoms in total. The molecular weight excluding hydrogens is 258 g/mol. The standard InChI is InChI=1S/C13H17N3O3.CH4/c1-9(2)11-5-3-4-10(6-11)8-14-15-12(17)7-13(18)16-19;/h3-6,8-9,19H,7H2,1-2H3,(H,15,17)(H,16,18);1H4/b14-8+;. The summed E-state index contributed by atoms with van der Waals surface area (Å²) in [4.78, 5) is 21.9. The van der Waals surface area contributed by atoms with Gasteiger partial charge in [-0.2, -0.15) is 5.10 Å². The Bertz CT molecular complexity index is 484. The van der Waals surface area contributed by atoms with Gasteiger partial charge in [-0.25, -0.2) is 10.9 Å². The Balaban J connectivity index is 0.00000361. The fourth-order valence-corrected chi connectivity index (χ4v) is 1.40. The first-order valence-corrected chi connectivity index (χ1v) is 5.87. The normalized spacial score (nSPS) is 10.2. The molecule has 0 bridgehead atoms. The fourth-order valence-electron chi connectivity index (χ4n) is 1.40. The predicted molar refractivity (Wildman–Crippen MR) is 77.5 cm³/mol. The van der Waals surface area contributed by atoms with Crippen molar-refractivity contribution in [3.05, 3.63) is 35.4 Å². The van der Waals surface area contributed by atoms with Crippen molar-refractivity contribution < 1.29 is 14.8 Å². The van der Waals surface area contributed by atoms with E-state index < -0.39 is 18.2 Å². The largest absolute Gasteiger partial charge is 0.289 e. The Morgan fingerprint density at radius 3 is 2.65 bits per heavy atom. The molecule has 1 rings (SSSR count). The third-order valence-electron chi connectivity index (χ3n) is 2.43. The molecule has 0 atom stereocenters. The van der Waals surface area contributed by atoms with Gasteiger partial charge in [-0.05, 0) is 23.1 Å². The molecule has 0 aromatic heterocycles. The first-order valence-electron chi connectivity index (χ1n) is 5.87. The molecule has 0 aliphatic rings. The van der Waals surface area contributed by atoms with Crippen LogP contribution in [0, 0.1) is 0 Å². The van der Waals surface area contributed by atoms with Crippen molar-refractivity contribution in [2.24, 2.45) is 5.10 Å². The zero-order valence-corrected chi connectivity index (χ0v) is 10.9. The van der Waals surface area contributed by atoms with Gasteiger partial charge < -0.3 is 0 Å². The van der Waals surface area contributed by atoms with Gasteiger partial charge in [-0.15, -0.1) is 0 Å². The number of amides is 2. The molecule has 0 radical (unpaired) electrons. The third-order valence-corrected chi connectivity index (χ3v) is 2.43. The van der Waals surface area contributed by atoms with Gasteiger partial charge in [0.1, 0.15) is 6.42 Å². The monoisotopic (exact) mass is 279 g/mol. The zero-order valence-electron chi connectivity index (χ0n) is 10.9. The van der Waals surface area contributed by atoms with Crippen LogP contribution in [0.5, 0.6) is 0 Å². The van der Waals surface area contributed by atoms with Gasteiger partial charge in [0.05, 0.1) is 6.21 Å². The lowest BCUT2D eigenvalue weighted by Gasteiger charge is -2.05. The first-order chi connectivity index (χ1) is 9.02. The summed E-state index contributed by atoms with van der Waals surface area (Å²) in [5.74, 6) is -0.964. The van der Waals surface area contributed by atoms with Gasteiger partial charge in [-0.1, -0.05) is 39.5 Å². The second kappa shape index (κ2) is 8.82. The smallest absolute Gasteiger partial charge is 0.252 e. The summed E-state index contributed by atoms with van der Waals surface area (Å²) in [5.41, 5.74) is 5.61. The number of carbonyl (C=O) groups excluding carboxylic acids is 2. The van der Waals surface area contributed by atoms with Gasteiger partial charge >= 0.3 is 0 Å². The topological polar surface area (TPSA) is 90.8 Å². The molecule has 1 aromatic carbocycles. The number of benzene rings is 1. The Morgan fingerprint density at radius 2 is 2.05 bits per heavy atom. The lowest BCUT2D eigenvalue weighted by atomic mass is 10.0. The molecule has 0 unspecified atom stereocenters. The van der Waals surface area contributed by atoms with E-state index in [0.29, 0.717) is 5.92 Å². The molecule has 0 saturated carbocycles. The van der Waals surface area contributed by atoms with Crippen LogP contribution in [0.25, 0.3) is 0 Å². The first kappa shape index (κ1) is 17.8. The molecule has 3 N–H and O–H groups in total. The summed E-state index contributed by atoms with van der Waals surface area (Å²) >= 11 is 0. The lowest BCUT2D eigenvalue weighted by molar-refractivity contribution is -0.134. The molecule has 2 amide bonds. The highest BCUT2D eigenvalue weighted by molar-refractivity contribution is 5.96. The van der Waals surface area contributed by atoms with Crippen LogP contribution in [-0.2, 0) is 9.59 Å². The molecule has 0 aliphatic carbocycles. The van der Waals surface area contributed by atoms with Crippen molar-refractivity contribution >= 4 is 18.0 Å². The van der Waals surface area contributed by atoms with Crippen LogP contribution < -0.4 is 10.9 Å². The highest BCUT2D eigenvalue weighted by atomic mass is 16.5. The van der Waals surface area contributed by atoms with E-state index in [9.17, 15) is 9.59 Å². The maximum Gasteiger partial charge on any atom is 0.252 e. The molecule has 6 heteroatoms. The molecule has 110 valence electrons. The van der Waals surface area contributed by atoms with E-state index in [-0.39, 0.29) is 7.43 Å². The van der Waals surface area contributed by atoms with Crippen LogP contribution in [0.1, 0.15) is 44.7 Å². The average molecular weight is 279 g/mol. The van der Waals surface area contributed by atoms with Gasteiger partial charge in [-0.3, -0.25) is 14.8 Å². The van der Waals surface area contributed by atoms with Crippen molar-refractivity contribution in [2.75, 3.05) is 0 Å². The van der Waals surface area contributed by atoms with Crippen LogP contribution in [-0.4, -0.2) is 23.2 Å². The minimum absolute atomic E-state index is 0. The number of nitrogens with one attached hydrogen (secondary N) is 2. The highest BCUT2D eigenvalue weighted by Gasteiger charge is 2.06. The number of hydrogen-bond donors (Lipinski definition) is 3. The molecule has 20 heavy (non-hydrogen) atoms. The van der Waals surface area contributed by atoms with Crippen LogP contribution in [0.3, 0.4) is 0 Å². The number of carbonyl (C=O) groups is 2. The van der Waals surface area contributed by atoms with Gasteiger partial charge in [0.2, 0.25) is 5.91 Å². The Morgan fingerprint density at radius 1 is 1.35 bits per heavy atom. The van der Waals surface area contributed by atoms with Crippen LogP contribution in [0.2, 0.25) is 0 Å². The summed E-state index contributed by atoms with van der Waals surface area (Å²) < 4.78 is 0. The van der Waals surface area contributed by atoms with Crippen molar-refractivity contribution in [2.45, 2.75) is 33.6 Å². The van der Waals surface area contributed by atoms with E-state index in [0.717, 1.165) is 5.56 Å². The van der Waals surface area contributed by atoms with Crippen molar-refractivity contribution in [3.8, 4) is 0 Å². The Hall–Kier alpha value is -2.21. The van der Waals surface area contributed by atoms with E-state index in [2.05, 4.69) is 24.4 Å². The van der Waals surface area contributed by atoms with Crippen LogP contribution >= 0.6 is 0 Å². The molecule has 1 aromatic rings. The lowest BCUT2D eigenvalue weighted by Crippen LogP contribution is -2.27. The minimum Gasteiger partial charge on any atom is -0.289 e. The SMILES string of the molecule is C.CC(C)c1cccc(/C=N/NC(=O)CC(=O)NO)c1. The Labute approximate surface area is 118 Å². The molecule has 0 saturated heterocycles. The number of hydrazone groups is 1. The minimum atomic E-state index is -0.783. The van der Waals surface area contributed by atoms with Gasteiger partial charge in [0.15, 0.2) is 0 Å². The van der Waals surface area contributed by atoms with Crippen molar-refractivity contribution in [1.29, 1.82) is 0 Å². The third kappa shape index (κ3) is 6.10. The second-order valence-corrected chi connectivity index (χ2v) is 4.33. The molecule has 0 fully saturated rings. The van der Waals surface area contributed by atoms with E-state index in [1.807, 2.05) is 24.3 Å². The summed E-state index contributed by atoms with van der Waals surface area (Å²) in [5, 5.41) is 12.0. The molecular formula is C14H21N3O3. The van der Waals surface area contributed by atoms with E-state index >= 15 is 0 Å². The fraction of sp³-hybridized carbons (Fsp3) is 0.357. The van der Waals surface area contributed by atoms with Crippen LogP contribution in [0.15, 0.2) is 29.4 Å². The summed E-state index contributed by atoms with van der Waals surface area (Å²) in [6.07, 6.45) is 1.03. The summed E-state index contributed by atoms with van der Waals surface area (Å²) in [6.45, 7) is 4.18. The summed E-state index contributed by atoms with van der Waals surface area (Å²) in [6, 6.07) is 7.77. The molecule has 0 aliphatic heterocycles. The summed E-state index contributed by atoms with van der Waals surface area (Å²) in [7, 11) is 0. The van der Waals surface area contributed by atoms with Crippen molar-refractivity contribution in [1.82, 2.24) is 10.9 Å². The average Bonchev–Trinajstić information content (AvgIpc) is 2.38. The van der Waals surface area contributed by atoms with E-state index in [1.54, 1.807) is 0 Å². The predicted octanol–water partition coefficient (Wildman–Crippen LogP) is 1.79. The Kier molecular flexibility index (Phi) is 7.84. The van der Waals surface area contributed by atoms with E-state index in [1.165, 1.54) is 17.3 Å². The number of hydroxylamine groups is 1. The number of rotatable bonds is 5. The van der Waals surface area contributed by atoms with Gasteiger partial charge in [0, 0.05) is 0 Å². The molecule has 0 spiro atoms. The van der Waals surface area contributed by atoms with E-state index in [4.69, 9.17) is 5.21 Å². The molecule has 0 heterocycles. The number of nitrogens with zero attached hydrogens (tertiary/aromatic N) is 1. The highest BCUT2D eigenvalue weighted by Crippen LogP contribution is 2.14. The maximum absolute atomic E-state index is 11.2. The quantitative estimate of drug-likeness (QED) is 0.332. The van der Waals surface area contributed by atoms with Gasteiger partial charge in [0.25, 0.3) is 5.91 Å². The van der Waals surface area contributed by atoms with Crippen LogP contribution in [0.4, 0.5) is 0 Å².